The van der Waals surface area contributed by atoms with Crippen molar-refractivity contribution in [3.8, 4) is 0 Å². The van der Waals surface area contributed by atoms with Gasteiger partial charge in [-0.25, -0.2) is 0 Å². The number of Topliss-reactive ketones (excluding diaryl/α,β-unsaturated/α-hetero) is 1. The lowest BCUT2D eigenvalue weighted by Gasteiger charge is -2.21. The van der Waals surface area contributed by atoms with E-state index in [0.717, 1.165) is 0 Å². The molecule has 5 N–H and O–H groups in total. The first-order valence-corrected chi connectivity index (χ1v) is 4.25. The predicted molar refractivity (Wildman–Crippen MR) is 49.4 cm³/mol. The van der Waals surface area contributed by atoms with Crippen molar-refractivity contribution in [1.29, 1.82) is 0 Å². The smallest absolute Gasteiger partial charge is 0.217 e. The standard InChI is InChI=1S/C8H16N2O4/c1-4(12)7(10-5(2)13)8(14)6(9)3-11/h4,6-7,11-12H,3,9H2,1-2H3,(H,10,13)/t4-,6+,7-/m1/s1. The zero-order valence-electron chi connectivity index (χ0n) is 8.23. The summed E-state index contributed by atoms with van der Waals surface area (Å²) in [7, 11) is 0. The van der Waals surface area contributed by atoms with Crippen LogP contribution in [0.5, 0.6) is 0 Å². The number of carbonyl (C=O) groups is 2. The lowest BCUT2D eigenvalue weighted by molar-refractivity contribution is -0.130. The van der Waals surface area contributed by atoms with Gasteiger partial charge in [0.2, 0.25) is 5.91 Å². The third kappa shape index (κ3) is 3.82. The zero-order valence-corrected chi connectivity index (χ0v) is 8.23. The Morgan fingerprint density at radius 2 is 2.00 bits per heavy atom. The molecule has 0 aromatic rings. The molecule has 0 radical (unpaired) electrons. The maximum Gasteiger partial charge on any atom is 0.217 e. The number of aliphatic hydroxyl groups excluding tert-OH is 2. The van der Waals surface area contributed by atoms with Crippen molar-refractivity contribution in [1.82, 2.24) is 5.32 Å². The second-order valence-corrected chi connectivity index (χ2v) is 3.11. The quantitative estimate of drug-likeness (QED) is 0.404. The number of ketones is 1. The molecular weight excluding hydrogens is 188 g/mol. The average molecular weight is 204 g/mol. The van der Waals surface area contributed by atoms with Crippen LogP contribution in [0, 0.1) is 0 Å². The van der Waals surface area contributed by atoms with E-state index >= 15 is 0 Å². The van der Waals surface area contributed by atoms with Crippen molar-refractivity contribution in [2.24, 2.45) is 5.73 Å². The van der Waals surface area contributed by atoms with Gasteiger partial charge in [0.05, 0.1) is 18.8 Å². The van der Waals surface area contributed by atoms with Crippen LogP contribution in [0.4, 0.5) is 0 Å². The fourth-order valence-corrected chi connectivity index (χ4v) is 0.969. The summed E-state index contributed by atoms with van der Waals surface area (Å²) in [6.45, 7) is 2.08. The van der Waals surface area contributed by atoms with E-state index in [4.69, 9.17) is 10.8 Å². The Morgan fingerprint density at radius 3 is 2.29 bits per heavy atom. The Hall–Kier alpha value is -0.980. The third-order valence-corrected chi connectivity index (χ3v) is 1.71. The van der Waals surface area contributed by atoms with Crippen molar-refractivity contribution in [2.45, 2.75) is 32.0 Å². The molecule has 1 amide bonds. The number of aliphatic hydroxyl groups is 2. The van der Waals surface area contributed by atoms with Crippen molar-refractivity contribution in [3.63, 3.8) is 0 Å². The first kappa shape index (κ1) is 13.0. The molecule has 0 aromatic carbocycles. The molecule has 3 atom stereocenters. The highest BCUT2D eigenvalue weighted by molar-refractivity contribution is 5.92. The van der Waals surface area contributed by atoms with Gasteiger partial charge in [0.15, 0.2) is 5.78 Å². The summed E-state index contributed by atoms with van der Waals surface area (Å²) in [5, 5.41) is 20.1. The number of nitrogens with two attached hydrogens (primary N) is 1. The number of amides is 1. The van der Waals surface area contributed by atoms with E-state index in [1.807, 2.05) is 0 Å². The van der Waals surface area contributed by atoms with Gasteiger partial charge in [-0.05, 0) is 6.92 Å². The maximum atomic E-state index is 11.4. The van der Waals surface area contributed by atoms with Crippen LogP contribution < -0.4 is 11.1 Å². The molecule has 0 unspecified atom stereocenters. The van der Waals surface area contributed by atoms with Crippen molar-refractivity contribution in [3.05, 3.63) is 0 Å². The molecule has 0 aliphatic heterocycles. The summed E-state index contributed by atoms with van der Waals surface area (Å²) in [5.41, 5.74) is 5.27. The molecule has 0 aromatic heterocycles. The Morgan fingerprint density at radius 1 is 1.50 bits per heavy atom. The highest BCUT2D eigenvalue weighted by atomic mass is 16.3. The lowest BCUT2D eigenvalue weighted by atomic mass is 10.0. The van der Waals surface area contributed by atoms with Gasteiger partial charge < -0.3 is 21.3 Å². The van der Waals surface area contributed by atoms with Crippen LogP contribution in [0.1, 0.15) is 13.8 Å². The molecule has 82 valence electrons. The normalized spacial score (nSPS) is 16.9. The Bertz CT molecular complexity index is 217. The van der Waals surface area contributed by atoms with Gasteiger partial charge >= 0.3 is 0 Å². The van der Waals surface area contributed by atoms with E-state index in [9.17, 15) is 14.7 Å². The molecule has 0 heterocycles. The second-order valence-electron chi connectivity index (χ2n) is 3.11. The van der Waals surface area contributed by atoms with E-state index in [-0.39, 0.29) is 0 Å². The van der Waals surface area contributed by atoms with Crippen molar-refractivity contribution in [2.75, 3.05) is 6.61 Å². The number of carbonyl (C=O) groups excluding carboxylic acids is 2. The van der Waals surface area contributed by atoms with Crippen LogP contribution in [0.25, 0.3) is 0 Å². The highest BCUT2D eigenvalue weighted by Crippen LogP contribution is 1.97. The topological polar surface area (TPSA) is 113 Å². The monoisotopic (exact) mass is 204 g/mol. The number of nitrogens with one attached hydrogen (secondary N) is 1. The summed E-state index contributed by atoms with van der Waals surface area (Å²) in [5.74, 6) is -1.02. The minimum absolute atomic E-state index is 0.436. The van der Waals surface area contributed by atoms with Gasteiger partial charge in [0.25, 0.3) is 0 Å². The Balaban J connectivity index is 4.49. The van der Waals surface area contributed by atoms with Gasteiger partial charge in [-0.3, -0.25) is 9.59 Å². The van der Waals surface area contributed by atoms with Gasteiger partial charge in [-0.15, -0.1) is 0 Å². The van der Waals surface area contributed by atoms with E-state index in [1.54, 1.807) is 0 Å². The molecule has 0 aliphatic carbocycles. The lowest BCUT2D eigenvalue weighted by Crippen LogP contribution is -2.53. The van der Waals surface area contributed by atoms with E-state index in [2.05, 4.69) is 5.32 Å². The maximum absolute atomic E-state index is 11.4. The number of rotatable bonds is 5. The molecule has 6 heteroatoms. The number of hydrogen-bond donors (Lipinski definition) is 4. The average Bonchev–Trinajstić information content (AvgIpc) is 2.11. The van der Waals surface area contributed by atoms with Crippen LogP contribution in [0.3, 0.4) is 0 Å². The third-order valence-electron chi connectivity index (χ3n) is 1.71. The highest BCUT2D eigenvalue weighted by Gasteiger charge is 2.28. The number of hydrogen-bond acceptors (Lipinski definition) is 5. The molecule has 14 heavy (non-hydrogen) atoms. The van der Waals surface area contributed by atoms with Crippen LogP contribution in [0.15, 0.2) is 0 Å². The van der Waals surface area contributed by atoms with Crippen molar-refractivity contribution < 1.29 is 19.8 Å². The Labute approximate surface area is 82.1 Å². The molecule has 0 saturated heterocycles. The Kier molecular flexibility index (Phi) is 5.29. The summed E-state index contributed by atoms with van der Waals surface area (Å²) in [6.07, 6.45) is -1.04. The fraction of sp³-hybridized carbons (Fsp3) is 0.750. The molecule has 0 fully saturated rings. The SMILES string of the molecule is CC(=O)N[C@@H](C(=O)[C@@H](N)CO)[C@@H](C)O. The largest absolute Gasteiger partial charge is 0.394 e. The van der Waals surface area contributed by atoms with Crippen LogP contribution >= 0.6 is 0 Å². The molecule has 0 aliphatic rings. The summed E-state index contributed by atoms with van der Waals surface area (Å²) in [4.78, 5) is 22.1. The van der Waals surface area contributed by atoms with E-state index in [1.165, 1.54) is 13.8 Å². The van der Waals surface area contributed by atoms with Crippen LogP contribution in [0.2, 0.25) is 0 Å². The minimum atomic E-state index is -1.08. The summed E-state index contributed by atoms with van der Waals surface area (Å²) in [6, 6.07) is -2.14. The van der Waals surface area contributed by atoms with Gasteiger partial charge in [-0.2, -0.15) is 0 Å². The fourth-order valence-electron chi connectivity index (χ4n) is 0.969. The first-order valence-electron chi connectivity index (χ1n) is 4.25. The van der Waals surface area contributed by atoms with Gasteiger partial charge in [0, 0.05) is 6.92 Å². The van der Waals surface area contributed by atoms with Crippen LogP contribution in [-0.4, -0.2) is 46.7 Å². The molecule has 0 rings (SSSR count). The van der Waals surface area contributed by atoms with Crippen molar-refractivity contribution >= 4 is 11.7 Å². The van der Waals surface area contributed by atoms with E-state index < -0.39 is 36.5 Å². The molecule has 6 nitrogen and oxygen atoms in total. The second kappa shape index (κ2) is 5.69. The van der Waals surface area contributed by atoms with E-state index in [0.29, 0.717) is 0 Å². The molecular formula is C8H16N2O4. The molecule has 0 spiro atoms. The minimum Gasteiger partial charge on any atom is -0.394 e. The summed E-state index contributed by atoms with van der Waals surface area (Å²) < 4.78 is 0. The zero-order chi connectivity index (χ0) is 11.3. The molecule has 0 saturated carbocycles. The van der Waals surface area contributed by atoms with Crippen LogP contribution in [-0.2, 0) is 9.59 Å². The summed E-state index contributed by atoms with van der Waals surface area (Å²) >= 11 is 0. The van der Waals surface area contributed by atoms with Gasteiger partial charge in [0.1, 0.15) is 6.04 Å². The first-order chi connectivity index (χ1) is 6.40. The molecule has 0 bridgehead atoms. The predicted octanol–water partition coefficient (Wildman–Crippen LogP) is -2.24. The van der Waals surface area contributed by atoms with Gasteiger partial charge in [-0.1, -0.05) is 0 Å².